The molecule has 0 bridgehead atoms. The fourth-order valence-corrected chi connectivity index (χ4v) is 3.17. The Bertz CT molecular complexity index is 1050. The summed E-state index contributed by atoms with van der Waals surface area (Å²) in [7, 11) is 0. The van der Waals surface area contributed by atoms with Crippen LogP contribution in [-0.4, -0.2) is 15.2 Å². The van der Waals surface area contributed by atoms with E-state index in [9.17, 15) is 4.39 Å². The zero-order valence-electron chi connectivity index (χ0n) is 13.7. The number of hydrogen-bond donors (Lipinski definition) is 2. The molecule has 0 aliphatic heterocycles. The van der Waals surface area contributed by atoms with Gasteiger partial charge in [0, 0.05) is 16.1 Å². The number of nitrogens with two attached hydrogens (primary N) is 1. The van der Waals surface area contributed by atoms with Crippen LogP contribution in [0.15, 0.2) is 65.7 Å². The molecule has 5 nitrogen and oxygen atoms in total. The molecule has 1 aromatic carbocycles. The lowest BCUT2D eigenvalue weighted by Crippen LogP contribution is -2.07. The Morgan fingerprint density at radius 1 is 1.12 bits per heavy atom. The summed E-state index contributed by atoms with van der Waals surface area (Å²) in [6, 6.07) is 9.48. The van der Waals surface area contributed by atoms with Gasteiger partial charge in [0.05, 0.1) is 40.9 Å². The van der Waals surface area contributed by atoms with E-state index in [-0.39, 0.29) is 5.83 Å². The number of benzene rings is 1. The number of allylic oxidation sites excluding steroid dienone is 4. The number of hydrogen-bond acceptors (Lipinski definition) is 5. The highest BCUT2D eigenvalue weighted by atomic mass is 35.5. The van der Waals surface area contributed by atoms with Crippen LogP contribution in [0, 0.1) is 0 Å². The molecule has 1 aliphatic rings. The van der Waals surface area contributed by atoms with Crippen LogP contribution in [0.1, 0.15) is 18.0 Å². The number of nitrogens with one attached hydrogen (secondary N) is 1. The SMILES string of the molecule is Nc1cnncc1Nc1cc(C2CC(Cl)=CC=C2F)nc2ccccc12. The van der Waals surface area contributed by atoms with E-state index in [0.29, 0.717) is 28.5 Å². The van der Waals surface area contributed by atoms with Gasteiger partial charge in [-0.1, -0.05) is 29.8 Å². The van der Waals surface area contributed by atoms with Gasteiger partial charge >= 0.3 is 0 Å². The highest BCUT2D eigenvalue weighted by Crippen LogP contribution is 2.38. The van der Waals surface area contributed by atoms with Crippen LogP contribution in [0.3, 0.4) is 0 Å². The van der Waals surface area contributed by atoms with Crippen molar-refractivity contribution in [3.05, 3.63) is 71.4 Å². The van der Waals surface area contributed by atoms with Crippen molar-refractivity contribution in [2.45, 2.75) is 12.3 Å². The molecule has 0 saturated heterocycles. The first-order valence-electron chi connectivity index (χ1n) is 8.06. The number of halogens is 2. The van der Waals surface area contributed by atoms with Crippen molar-refractivity contribution in [2.75, 3.05) is 11.1 Å². The van der Waals surface area contributed by atoms with E-state index in [0.717, 1.165) is 16.6 Å². The first-order chi connectivity index (χ1) is 12.6. The molecule has 7 heteroatoms. The van der Waals surface area contributed by atoms with E-state index in [1.807, 2.05) is 30.3 Å². The number of nitrogen functional groups attached to an aromatic ring is 1. The van der Waals surface area contributed by atoms with E-state index in [1.165, 1.54) is 12.3 Å². The molecule has 2 heterocycles. The molecule has 3 aromatic rings. The lowest BCUT2D eigenvalue weighted by atomic mass is 9.94. The normalized spacial score (nSPS) is 16.9. The van der Waals surface area contributed by atoms with Gasteiger partial charge in [-0.25, -0.2) is 4.39 Å². The summed E-state index contributed by atoms with van der Waals surface area (Å²) in [4.78, 5) is 4.64. The van der Waals surface area contributed by atoms with Gasteiger partial charge in [-0.05, 0) is 30.7 Å². The minimum absolute atomic E-state index is 0.256. The summed E-state index contributed by atoms with van der Waals surface area (Å²) in [6.07, 6.45) is 6.38. The standard InChI is InChI=1S/C19H15ClFN5/c20-11-5-6-14(21)13(7-11)18-8-17(12-3-1-2-4-16(12)25-18)26-19-10-24-23-9-15(19)22/h1-6,8-10,13H,7H2,(H2,22,24)(H,23,25,26). The average Bonchev–Trinajstić information content (AvgIpc) is 2.65. The summed E-state index contributed by atoms with van der Waals surface area (Å²) in [5.74, 6) is -0.765. The van der Waals surface area contributed by atoms with Gasteiger partial charge in [-0.2, -0.15) is 10.2 Å². The quantitative estimate of drug-likeness (QED) is 0.694. The van der Waals surface area contributed by atoms with Crippen molar-refractivity contribution in [1.29, 1.82) is 0 Å². The van der Waals surface area contributed by atoms with Crippen LogP contribution in [0.25, 0.3) is 10.9 Å². The maximum absolute atomic E-state index is 14.4. The second-order valence-corrected chi connectivity index (χ2v) is 6.50. The maximum atomic E-state index is 14.4. The molecule has 0 amide bonds. The lowest BCUT2D eigenvalue weighted by molar-refractivity contribution is 0.533. The van der Waals surface area contributed by atoms with Gasteiger partial charge in [0.25, 0.3) is 0 Å². The van der Waals surface area contributed by atoms with Gasteiger partial charge in [0.15, 0.2) is 0 Å². The Morgan fingerprint density at radius 2 is 1.92 bits per heavy atom. The maximum Gasteiger partial charge on any atom is 0.109 e. The first kappa shape index (κ1) is 16.5. The van der Waals surface area contributed by atoms with Crippen LogP contribution in [0.4, 0.5) is 21.5 Å². The van der Waals surface area contributed by atoms with Crippen molar-refractivity contribution in [2.24, 2.45) is 0 Å². The van der Waals surface area contributed by atoms with E-state index in [4.69, 9.17) is 17.3 Å². The Balaban J connectivity index is 1.83. The largest absolute Gasteiger partial charge is 0.396 e. The minimum Gasteiger partial charge on any atom is -0.396 e. The molecule has 1 aliphatic carbocycles. The molecular weight excluding hydrogens is 353 g/mol. The Labute approximate surface area is 154 Å². The third-order valence-electron chi connectivity index (χ3n) is 4.28. The fraction of sp³-hybridized carbons (Fsp3) is 0.105. The van der Waals surface area contributed by atoms with E-state index in [1.54, 1.807) is 12.3 Å². The van der Waals surface area contributed by atoms with Gasteiger partial charge < -0.3 is 11.1 Å². The number of fused-ring (bicyclic) bond motifs is 1. The highest BCUT2D eigenvalue weighted by molar-refractivity contribution is 6.29. The van der Waals surface area contributed by atoms with E-state index in [2.05, 4.69) is 20.5 Å². The van der Waals surface area contributed by atoms with Gasteiger partial charge in [0.2, 0.25) is 0 Å². The molecule has 2 aromatic heterocycles. The summed E-state index contributed by atoms with van der Waals surface area (Å²) in [6.45, 7) is 0. The summed E-state index contributed by atoms with van der Waals surface area (Å²) < 4.78 is 14.4. The van der Waals surface area contributed by atoms with Gasteiger partial charge in [-0.15, -0.1) is 0 Å². The smallest absolute Gasteiger partial charge is 0.109 e. The van der Waals surface area contributed by atoms with Crippen LogP contribution in [0.5, 0.6) is 0 Å². The number of rotatable bonds is 3. The number of nitrogens with zero attached hydrogens (tertiary/aromatic N) is 3. The third-order valence-corrected chi connectivity index (χ3v) is 4.56. The Morgan fingerprint density at radius 3 is 2.77 bits per heavy atom. The fourth-order valence-electron chi connectivity index (χ4n) is 2.95. The summed E-state index contributed by atoms with van der Waals surface area (Å²) in [5, 5.41) is 12.4. The monoisotopic (exact) mass is 367 g/mol. The number of para-hydroxylation sites is 1. The molecular formula is C19H15ClFN5. The first-order valence-corrected chi connectivity index (χ1v) is 8.44. The second-order valence-electron chi connectivity index (χ2n) is 6.02. The number of anilines is 3. The molecule has 26 heavy (non-hydrogen) atoms. The molecule has 4 rings (SSSR count). The Hall–Kier alpha value is -2.99. The molecule has 0 spiro atoms. The van der Waals surface area contributed by atoms with Crippen molar-refractivity contribution in [3.8, 4) is 0 Å². The van der Waals surface area contributed by atoms with Crippen molar-refractivity contribution in [3.63, 3.8) is 0 Å². The van der Waals surface area contributed by atoms with Crippen molar-refractivity contribution < 1.29 is 4.39 Å². The molecule has 0 radical (unpaired) electrons. The predicted octanol–water partition coefficient (Wildman–Crippen LogP) is 4.81. The topological polar surface area (TPSA) is 76.7 Å². The zero-order valence-corrected chi connectivity index (χ0v) is 14.4. The average molecular weight is 368 g/mol. The number of aromatic nitrogens is 3. The summed E-state index contributed by atoms with van der Waals surface area (Å²) >= 11 is 6.11. The van der Waals surface area contributed by atoms with Crippen LogP contribution < -0.4 is 11.1 Å². The van der Waals surface area contributed by atoms with E-state index < -0.39 is 5.92 Å². The predicted molar refractivity (Wildman–Crippen MR) is 102 cm³/mol. The highest BCUT2D eigenvalue weighted by Gasteiger charge is 2.23. The molecule has 130 valence electrons. The van der Waals surface area contributed by atoms with Crippen LogP contribution >= 0.6 is 11.6 Å². The summed E-state index contributed by atoms with van der Waals surface area (Å²) in [5.41, 5.74) is 9.18. The van der Waals surface area contributed by atoms with Gasteiger partial charge in [-0.3, -0.25) is 4.98 Å². The molecule has 3 N–H and O–H groups in total. The van der Waals surface area contributed by atoms with Gasteiger partial charge in [0.1, 0.15) is 5.83 Å². The molecule has 1 unspecified atom stereocenters. The molecule has 1 atom stereocenters. The van der Waals surface area contributed by atoms with Crippen LogP contribution in [0.2, 0.25) is 0 Å². The van der Waals surface area contributed by atoms with Crippen molar-refractivity contribution in [1.82, 2.24) is 15.2 Å². The van der Waals surface area contributed by atoms with E-state index >= 15 is 0 Å². The van der Waals surface area contributed by atoms with Crippen molar-refractivity contribution >= 4 is 39.6 Å². The molecule has 0 saturated carbocycles. The number of pyridine rings is 1. The Kier molecular flexibility index (Phi) is 4.26. The second kappa shape index (κ2) is 6.72. The lowest BCUT2D eigenvalue weighted by Gasteiger charge is -2.20. The zero-order chi connectivity index (χ0) is 18.1. The molecule has 0 fully saturated rings. The van der Waals surface area contributed by atoms with Crippen LogP contribution in [-0.2, 0) is 0 Å². The minimum atomic E-state index is -0.509. The third kappa shape index (κ3) is 3.11.